The van der Waals surface area contributed by atoms with Crippen LogP contribution in [-0.2, 0) is 10.9 Å². The third-order valence-electron chi connectivity index (χ3n) is 5.85. The normalized spacial score (nSPS) is 20.2. The molecule has 1 atom stereocenters. The lowest BCUT2D eigenvalue weighted by molar-refractivity contribution is -0.137. The third kappa shape index (κ3) is 8.58. The Bertz CT molecular complexity index is 705. The van der Waals surface area contributed by atoms with Crippen LogP contribution in [0.2, 0.25) is 0 Å². The Morgan fingerprint density at radius 1 is 1.16 bits per heavy atom. The van der Waals surface area contributed by atoms with Crippen molar-refractivity contribution in [3.63, 3.8) is 0 Å². The van der Waals surface area contributed by atoms with Crippen LogP contribution in [0.5, 0.6) is 0 Å². The molecule has 0 aliphatic carbocycles. The number of ether oxygens (including phenoxy) is 1. The average Bonchev–Trinajstić information content (AvgIpc) is 3.29. The van der Waals surface area contributed by atoms with E-state index < -0.39 is 11.7 Å². The van der Waals surface area contributed by atoms with Crippen molar-refractivity contribution in [1.82, 2.24) is 15.5 Å². The molecule has 2 aliphatic rings. The molecular formula is C22H35F3IN5O. The maximum absolute atomic E-state index is 12.9. The van der Waals surface area contributed by atoms with E-state index >= 15 is 0 Å². The van der Waals surface area contributed by atoms with Crippen LogP contribution in [0.3, 0.4) is 0 Å². The average molecular weight is 569 g/mol. The molecule has 0 aromatic heterocycles. The van der Waals surface area contributed by atoms with Crippen LogP contribution in [0, 0.1) is 0 Å². The minimum atomic E-state index is -4.30. The van der Waals surface area contributed by atoms with Gasteiger partial charge in [-0.05, 0) is 50.4 Å². The van der Waals surface area contributed by atoms with Crippen molar-refractivity contribution in [3.05, 3.63) is 29.8 Å². The second kappa shape index (κ2) is 13.4. The summed E-state index contributed by atoms with van der Waals surface area (Å²) < 4.78 is 44.4. The first-order chi connectivity index (χ1) is 15.0. The van der Waals surface area contributed by atoms with Gasteiger partial charge in [0, 0.05) is 58.6 Å². The minimum absolute atomic E-state index is 0. The molecule has 0 saturated carbocycles. The summed E-state index contributed by atoms with van der Waals surface area (Å²) in [5.41, 5.74) is 0.0701. The molecule has 1 unspecified atom stereocenters. The van der Waals surface area contributed by atoms with Crippen LogP contribution >= 0.6 is 24.0 Å². The van der Waals surface area contributed by atoms with Gasteiger partial charge >= 0.3 is 6.18 Å². The number of hydrogen-bond acceptors (Lipinski definition) is 4. The zero-order valence-corrected chi connectivity index (χ0v) is 21.0. The monoisotopic (exact) mass is 569 g/mol. The van der Waals surface area contributed by atoms with E-state index in [1.165, 1.54) is 12.1 Å². The smallest absolute Gasteiger partial charge is 0.376 e. The van der Waals surface area contributed by atoms with Gasteiger partial charge in [0.05, 0.1) is 11.7 Å². The first kappa shape index (κ1) is 27.0. The maximum atomic E-state index is 12.9. The van der Waals surface area contributed by atoms with Crippen LogP contribution in [0.1, 0.15) is 31.2 Å². The van der Waals surface area contributed by atoms with E-state index in [4.69, 9.17) is 4.74 Å². The molecule has 32 heavy (non-hydrogen) atoms. The van der Waals surface area contributed by atoms with E-state index in [-0.39, 0.29) is 30.1 Å². The number of aliphatic imine (C=N–C) groups is 1. The van der Waals surface area contributed by atoms with Gasteiger partial charge in [-0.1, -0.05) is 6.07 Å². The highest BCUT2D eigenvalue weighted by molar-refractivity contribution is 14.0. The lowest BCUT2D eigenvalue weighted by Crippen LogP contribution is -2.46. The quantitative estimate of drug-likeness (QED) is 0.217. The molecule has 1 aromatic rings. The van der Waals surface area contributed by atoms with Crippen LogP contribution < -0.4 is 15.5 Å². The van der Waals surface area contributed by atoms with Gasteiger partial charge in [0.1, 0.15) is 0 Å². The van der Waals surface area contributed by atoms with Crippen molar-refractivity contribution < 1.29 is 17.9 Å². The van der Waals surface area contributed by atoms with E-state index in [9.17, 15) is 13.2 Å². The number of rotatable bonds is 8. The van der Waals surface area contributed by atoms with Gasteiger partial charge in [-0.3, -0.25) is 9.89 Å². The summed E-state index contributed by atoms with van der Waals surface area (Å²) in [6.45, 7) is 6.74. The third-order valence-corrected chi connectivity index (χ3v) is 5.85. The van der Waals surface area contributed by atoms with Crippen molar-refractivity contribution in [2.24, 2.45) is 4.99 Å². The topological polar surface area (TPSA) is 52.1 Å². The fourth-order valence-electron chi connectivity index (χ4n) is 4.01. The number of anilines is 1. The first-order valence-electron chi connectivity index (χ1n) is 11.2. The fraction of sp³-hybridized carbons (Fsp3) is 0.682. The maximum Gasteiger partial charge on any atom is 0.416 e. The lowest BCUT2D eigenvalue weighted by Gasteiger charge is -2.36. The SMILES string of the molecule is CN=C(NCCCCN1CCN(c2cccc(C(F)(F)F)c2)CC1)NCC1CCCO1.I. The van der Waals surface area contributed by atoms with Crippen molar-refractivity contribution in [2.45, 2.75) is 38.0 Å². The fourth-order valence-corrected chi connectivity index (χ4v) is 4.01. The first-order valence-corrected chi connectivity index (χ1v) is 11.2. The molecule has 2 aliphatic heterocycles. The highest BCUT2D eigenvalue weighted by atomic mass is 127. The van der Waals surface area contributed by atoms with Gasteiger partial charge in [-0.25, -0.2) is 0 Å². The van der Waals surface area contributed by atoms with Crippen molar-refractivity contribution in [3.8, 4) is 0 Å². The number of piperazine rings is 1. The Balaban J connectivity index is 0.00000363. The number of halogens is 4. The second-order valence-corrected chi connectivity index (χ2v) is 8.10. The summed E-state index contributed by atoms with van der Waals surface area (Å²) in [5, 5.41) is 6.65. The van der Waals surface area contributed by atoms with Gasteiger partial charge in [0.2, 0.25) is 0 Å². The number of benzene rings is 1. The largest absolute Gasteiger partial charge is 0.416 e. The molecule has 6 nitrogen and oxygen atoms in total. The van der Waals surface area contributed by atoms with Gasteiger partial charge in [0.15, 0.2) is 5.96 Å². The molecule has 0 spiro atoms. The Kier molecular flexibility index (Phi) is 11.3. The summed E-state index contributed by atoms with van der Waals surface area (Å²) in [6, 6.07) is 5.62. The molecule has 2 fully saturated rings. The van der Waals surface area contributed by atoms with Crippen LogP contribution in [0.4, 0.5) is 18.9 Å². The minimum Gasteiger partial charge on any atom is -0.376 e. The number of nitrogens with zero attached hydrogens (tertiary/aromatic N) is 3. The molecule has 0 amide bonds. The zero-order chi connectivity index (χ0) is 22.1. The van der Waals surface area contributed by atoms with Gasteiger partial charge in [0.25, 0.3) is 0 Å². The summed E-state index contributed by atoms with van der Waals surface area (Å²) in [7, 11) is 1.77. The Morgan fingerprint density at radius 2 is 1.94 bits per heavy atom. The molecule has 182 valence electrons. The summed E-state index contributed by atoms with van der Waals surface area (Å²) in [4.78, 5) is 8.67. The van der Waals surface area contributed by atoms with Crippen molar-refractivity contribution in [1.29, 1.82) is 0 Å². The highest BCUT2D eigenvalue weighted by Crippen LogP contribution is 2.31. The van der Waals surface area contributed by atoms with Gasteiger partial charge in [-0.2, -0.15) is 13.2 Å². The van der Waals surface area contributed by atoms with Crippen LogP contribution in [-0.4, -0.2) is 76.4 Å². The molecule has 0 bridgehead atoms. The predicted octanol–water partition coefficient (Wildman–Crippen LogP) is 3.57. The highest BCUT2D eigenvalue weighted by Gasteiger charge is 2.31. The number of guanidine groups is 1. The Morgan fingerprint density at radius 3 is 2.59 bits per heavy atom. The standard InChI is InChI=1S/C22H34F3N5O.HI/c1-26-21(28-17-20-8-5-15-31-20)27-9-2-3-10-29-11-13-30(14-12-29)19-7-4-6-18(16-19)22(23,24)25;/h4,6-7,16,20H,2-3,5,8-15,17H2,1H3,(H2,26,27,28);1H. The lowest BCUT2D eigenvalue weighted by atomic mass is 10.1. The van der Waals surface area contributed by atoms with Gasteiger partial charge < -0.3 is 20.3 Å². The number of unbranched alkanes of at least 4 members (excludes halogenated alkanes) is 1. The van der Waals surface area contributed by atoms with E-state index in [1.54, 1.807) is 13.1 Å². The predicted molar refractivity (Wildman–Crippen MR) is 133 cm³/mol. The van der Waals surface area contributed by atoms with E-state index in [1.807, 2.05) is 4.90 Å². The summed E-state index contributed by atoms with van der Waals surface area (Å²) in [6.07, 6.45) is 0.326. The summed E-state index contributed by atoms with van der Waals surface area (Å²) >= 11 is 0. The van der Waals surface area contributed by atoms with Crippen LogP contribution in [0.15, 0.2) is 29.3 Å². The molecular weight excluding hydrogens is 534 g/mol. The molecule has 10 heteroatoms. The zero-order valence-electron chi connectivity index (χ0n) is 18.7. The Labute approximate surface area is 206 Å². The van der Waals surface area contributed by atoms with E-state index in [0.717, 1.165) is 90.1 Å². The van der Waals surface area contributed by atoms with Crippen LogP contribution in [0.25, 0.3) is 0 Å². The molecule has 3 rings (SSSR count). The molecule has 0 radical (unpaired) electrons. The number of alkyl halides is 3. The van der Waals surface area contributed by atoms with E-state index in [2.05, 4.69) is 20.5 Å². The number of hydrogen-bond donors (Lipinski definition) is 2. The van der Waals surface area contributed by atoms with Crippen molar-refractivity contribution >= 4 is 35.6 Å². The van der Waals surface area contributed by atoms with E-state index in [0.29, 0.717) is 5.69 Å². The summed E-state index contributed by atoms with van der Waals surface area (Å²) in [5.74, 6) is 0.810. The Hall–Kier alpha value is -1.27. The number of nitrogens with one attached hydrogen (secondary N) is 2. The molecule has 2 N–H and O–H groups in total. The molecule has 2 heterocycles. The molecule has 1 aromatic carbocycles. The van der Waals surface area contributed by atoms with Crippen molar-refractivity contribution in [2.75, 3.05) is 64.4 Å². The molecule has 2 saturated heterocycles. The van der Waals surface area contributed by atoms with Gasteiger partial charge in [-0.15, -0.1) is 24.0 Å². The second-order valence-electron chi connectivity index (χ2n) is 8.10.